The van der Waals surface area contributed by atoms with Crippen molar-refractivity contribution in [1.82, 2.24) is 14.5 Å². The van der Waals surface area contributed by atoms with Crippen LogP contribution in [-0.4, -0.2) is 33.6 Å². The maximum atomic E-state index is 13.3. The predicted octanol–water partition coefficient (Wildman–Crippen LogP) is 4.76. The first kappa shape index (κ1) is 19.6. The summed E-state index contributed by atoms with van der Waals surface area (Å²) in [7, 11) is 0. The summed E-state index contributed by atoms with van der Waals surface area (Å²) < 4.78 is 1.80. The molecule has 5 heteroatoms. The first-order valence-electron chi connectivity index (χ1n) is 9.45. The van der Waals surface area contributed by atoms with Crippen molar-refractivity contribution in [2.45, 2.75) is 40.3 Å². The molecule has 3 aromatic rings. The van der Waals surface area contributed by atoms with Crippen LogP contribution in [0.15, 0.2) is 47.3 Å². The summed E-state index contributed by atoms with van der Waals surface area (Å²) in [5.74, 6) is 0.703. The van der Waals surface area contributed by atoms with Crippen LogP contribution in [0.2, 0.25) is 5.02 Å². The van der Waals surface area contributed by atoms with Crippen molar-refractivity contribution >= 4 is 22.5 Å². The number of likely N-dealkylation sites (N-methyl/N-ethyl adjacent to an activating group) is 1. The van der Waals surface area contributed by atoms with Crippen LogP contribution in [0.3, 0.4) is 0 Å². The van der Waals surface area contributed by atoms with E-state index in [1.54, 1.807) is 16.7 Å². The summed E-state index contributed by atoms with van der Waals surface area (Å²) in [5, 5.41) is 1.11. The molecule has 0 saturated carbocycles. The number of nitrogens with zero attached hydrogens (tertiary/aromatic N) is 3. The average molecular weight is 384 g/mol. The van der Waals surface area contributed by atoms with Crippen molar-refractivity contribution in [2.75, 3.05) is 13.1 Å². The minimum Gasteiger partial charge on any atom is -0.299 e. The molecule has 0 saturated heterocycles. The molecule has 1 aromatic heterocycles. The van der Waals surface area contributed by atoms with Crippen LogP contribution in [0.4, 0.5) is 0 Å². The molecule has 0 aliphatic rings. The van der Waals surface area contributed by atoms with E-state index in [1.807, 2.05) is 30.3 Å². The quantitative estimate of drug-likeness (QED) is 0.616. The smallest absolute Gasteiger partial charge is 0.261 e. The van der Waals surface area contributed by atoms with Crippen molar-refractivity contribution in [1.29, 1.82) is 0 Å². The Bertz CT molecular complexity index is 991. The van der Waals surface area contributed by atoms with E-state index in [1.165, 1.54) is 5.56 Å². The Labute approximate surface area is 165 Å². The molecule has 27 heavy (non-hydrogen) atoms. The van der Waals surface area contributed by atoms with Gasteiger partial charge >= 0.3 is 0 Å². The molecule has 142 valence electrons. The maximum absolute atomic E-state index is 13.3. The highest BCUT2D eigenvalue weighted by molar-refractivity contribution is 6.31. The molecule has 0 spiro atoms. The molecular formula is C22H26ClN3O. The van der Waals surface area contributed by atoms with E-state index in [-0.39, 0.29) is 11.6 Å². The van der Waals surface area contributed by atoms with Crippen molar-refractivity contribution in [3.8, 4) is 11.4 Å². The van der Waals surface area contributed by atoms with Crippen LogP contribution in [0.5, 0.6) is 0 Å². The Morgan fingerprint density at radius 2 is 1.78 bits per heavy atom. The lowest BCUT2D eigenvalue weighted by Gasteiger charge is -2.27. The molecule has 0 N–H and O–H groups in total. The van der Waals surface area contributed by atoms with Gasteiger partial charge in [0.15, 0.2) is 0 Å². The van der Waals surface area contributed by atoms with Crippen LogP contribution in [0.25, 0.3) is 22.3 Å². The van der Waals surface area contributed by atoms with Gasteiger partial charge in [-0.2, -0.15) is 0 Å². The zero-order valence-electron chi connectivity index (χ0n) is 16.4. The van der Waals surface area contributed by atoms with E-state index < -0.39 is 0 Å². The summed E-state index contributed by atoms with van der Waals surface area (Å²) in [6, 6.07) is 13.7. The highest BCUT2D eigenvalue weighted by atomic mass is 35.5. The standard InChI is InChI=1S/C22H26ClN3O/c1-5-25(6-2)16(4)14-26-21(17-9-7-15(3)8-10-17)24-20-12-11-18(23)13-19(20)22(26)27/h7-13,16H,5-6,14H2,1-4H3. The second kappa shape index (κ2) is 8.24. The fourth-order valence-corrected chi connectivity index (χ4v) is 3.68. The molecule has 0 aliphatic heterocycles. The van der Waals surface area contributed by atoms with Gasteiger partial charge < -0.3 is 0 Å². The predicted molar refractivity (Wildman–Crippen MR) is 114 cm³/mol. The maximum Gasteiger partial charge on any atom is 0.261 e. The zero-order chi connectivity index (χ0) is 19.6. The van der Waals surface area contributed by atoms with Crippen molar-refractivity contribution in [3.63, 3.8) is 0 Å². The Hall–Kier alpha value is -2.17. The number of hydrogen-bond acceptors (Lipinski definition) is 3. The third-order valence-electron chi connectivity index (χ3n) is 5.11. The Balaban J connectivity index is 2.20. The highest BCUT2D eigenvalue weighted by Gasteiger charge is 2.18. The first-order chi connectivity index (χ1) is 12.9. The van der Waals surface area contributed by atoms with Crippen molar-refractivity contribution < 1.29 is 0 Å². The van der Waals surface area contributed by atoms with Crippen LogP contribution < -0.4 is 5.56 Å². The summed E-state index contributed by atoms with van der Waals surface area (Å²) in [5.41, 5.74) is 2.75. The van der Waals surface area contributed by atoms with E-state index in [0.29, 0.717) is 28.3 Å². The Morgan fingerprint density at radius 1 is 1.11 bits per heavy atom. The number of aryl methyl sites for hydroxylation is 1. The fourth-order valence-electron chi connectivity index (χ4n) is 3.51. The van der Waals surface area contributed by atoms with Crippen LogP contribution in [0, 0.1) is 6.92 Å². The van der Waals surface area contributed by atoms with E-state index in [0.717, 1.165) is 18.7 Å². The van der Waals surface area contributed by atoms with Gasteiger partial charge in [0.25, 0.3) is 5.56 Å². The molecule has 0 aliphatic carbocycles. The minimum atomic E-state index is -0.0444. The lowest BCUT2D eigenvalue weighted by atomic mass is 10.1. The Kier molecular flexibility index (Phi) is 5.98. The third kappa shape index (κ3) is 4.07. The fraction of sp³-hybridized carbons (Fsp3) is 0.364. The third-order valence-corrected chi connectivity index (χ3v) is 5.34. The van der Waals surface area contributed by atoms with Gasteiger partial charge in [0.05, 0.1) is 10.9 Å². The number of fused-ring (bicyclic) bond motifs is 1. The van der Waals surface area contributed by atoms with Gasteiger partial charge in [0, 0.05) is 23.2 Å². The average Bonchev–Trinajstić information content (AvgIpc) is 2.66. The second-order valence-electron chi connectivity index (χ2n) is 6.95. The van der Waals surface area contributed by atoms with Crippen LogP contribution in [0.1, 0.15) is 26.3 Å². The van der Waals surface area contributed by atoms with E-state index in [4.69, 9.17) is 16.6 Å². The Morgan fingerprint density at radius 3 is 2.41 bits per heavy atom. The van der Waals surface area contributed by atoms with Crippen LogP contribution >= 0.6 is 11.6 Å². The van der Waals surface area contributed by atoms with Gasteiger partial charge in [-0.15, -0.1) is 0 Å². The molecule has 4 nitrogen and oxygen atoms in total. The summed E-state index contributed by atoms with van der Waals surface area (Å²) in [4.78, 5) is 20.5. The summed E-state index contributed by atoms with van der Waals surface area (Å²) in [6.07, 6.45) is 0. The lowest BCUT2D eigenvalue weighted by molar-refractivity contribution is 0.210. The van der Waals surface area contributed by atoms with E-state index >= 15 is 0 Å². The molecule has 0 radical (unpaired) electrons. The van der Waals surface area contributed by atoms with Crippen molar-refractivity contribution in [2.24, 2.45) is 0 Å². The second-order valence-corrected chi connectivity index (χ2v) is 7.39. The number of halogens is 1. The highest BCUT2D eigenvalue weighted by Crippen LogP contribution is 2.22. The number of rotatable bonds is 6. The molecule has 2 aromatic carbocycles. The normalized spacial score (nSPS) is 12.7. The molecule has 1 heterocycles. The molecular weight excluding hydrogens is 358 g/mol. The molecule has 1 unspecified atom stereocenters. The van der Waals surface area contributed by atoms with Crippen LogP contribution in [-0.2, 0) is 6.54 Å². The minimum absolute atomic E-state index is 0.0444. The molecule has 3 rings (SSSR count). The molecule has 0 bridgehead atoms. The number of benzene rings is 2. The van der Waals surface area contributed by atoms with E-state index in [9.17, 15) is 4.79 Å². The van der Waals surface area contributed by atoms with Crippen molar-refractivity contribution in [3.05, 3.63) is 63.4 Å². The van der Waals surface area contributed by atoms with Gasteiger partial charge in [-0.3, -0.25) is 14.3 Å². The van der Waals surface area contributed by atoms with Gasteiger partial charge in [-0.25, -0.2) is 4.98 Å². The first-order valence-corrected chi connectivity index (χ1v) is 9.83. The van der Waals surface area contributed by atoms with Gasteiger partial charge in [0.2, 0.25) is 0 Å². The molecule has 0 amide bonds. The summed E-state index contributed by atoms with van der Waals surface area (Å²) >= 11 is 6.13. The lowest BCUT2D eigenvalue weighted by Crippen LogP contribution is -2.39. The monoisotopic (exact) mass is 383 g/mol. The molecule has 0 fully saturated rings. The number of aromatic nitrogens is 2. The number of hydrogen-bond donors (Lipinski definition) is 0. The SMILES string of the molecule is CCN(CC)C(C)Cn1c(-c2ccc(C)cc2)nc2ccc(Cl)cc2c1=O. The largest absolute Gasteiger partial charge is 0.299 e. The van der Waals surface area contributed by atoms with E-state index in [2.05, 4.69) is 32.6 Å². The van der Waals surface area contributed by atoms with Gasteiger partial charge in [0.1, 0.15) is 5.82 Å². The summed E-state index contributed by atoms with van der Waals surface area (Å²) in [6.45, 7) is 11.0. The topological polar surface area (TPSA) is 38.1 Å². The molecule has 1 atom stereocenters. The zero-order valence-corrected chi connectivity index (χ0v) is 17.1. The van der Waals surface area contributed by atoms with Gasteiger partial charge in [-0.05, 0) is 45.1 Å². The van der Waals surface area contributed by atoms with Gasteiger partial charge in [-0.1, -0.05) is 55.3 Å².